The van der Waals surface area contributed by atoms with Gasteiger partial charge in [-0.3, -0.25) is 4.90 Å². The van der Waals surface area contributed by atoms with Gasteiger partial charge in [-0.15, -0.1) is 0 Å². The third-order valence-corrected chi connectivity index (χ3v) is 2.99. The summed E-state index contributed by atoms with van der Waals surface area (Å²) in [4.78, 5) is 2.33. The molecule has 1 atom stereocenters. The molecular formula is C12H18N2O2. The summed E-state index contributed by atoms with van der Waals surface area (Å²) in [7, 11) is 0. The van der Waals surface area contributed by atoms with Gasteiger partial charge in [-0.2, -0.15) is 0 Å². The number of morpholine rings is 1. The van der Waals surface area contributed by atoms with Crippen molar-refractivity contribution in [2.45, 2.75) is 6.04 Å². The quantitative estimate of drug-likeness (QED) is 0.791. The van der Waals surface area contributed by atoms with Crippen molar-refractivity contribution in [2.75, 3.05) is 32.8 Å². The van der Waals surface area contributed by atoms with Gasteiger partial charge in [0.2, 0.25) is 0 Å². The minimum atomic E-state index is 0.226. The van der Waals surface area contributed by atoms with Crippen LogP contribution < -0.4 is 5.73 Å². The Hall–Kier alpha value is -1.10. The topological polar surface area (TPSA) is 58.7 Å². The van der Waals surface area contributed by atoms with Gasteiger partial charge in [-0.1, -0.05) is 12.1 Å². The molecule has 1 aliphatic rings. The molecule has 4 heteroatoms. The van der Waals surface area contributed by atoms with E-state index < -0.39 is 0 Å². The molecule has 1 unspecified atom stereocenters. The Balaban J connectivity index is 2.11. The van der Waals surface area contributed by atoms with E-state index in [9.17, 15) is 5.11 Å². The average Bonchev–Trinajstić information content (AvgIpc) is 2.34. The first-order valence-electron chi connectivity index (χ1n) is 5.62. The molecule has 1 aliphatic heterocycles. The van der Waals surface area contributed by atoms with E-state index in [1.165, 1.54) is 0 Å². The Morgan fingerprint density at radius 2 is 1.88 bits per heavy atom. The zero-order valence-electron chi connectivity index (χ0n) is 9.30. The van der Waals surface area contributed by atoms with Crippen LogP contribution >= 0.6 is 0 Å². The van der Waals surface area contributed by atoms with Crippen molar-refractivity contribution in [3.05, 3.63) is 29.8 Å². The Kier molecular flexibility index (Phi) is 3.77. The monoisotopic (exact) mass is 222 g/mol. The predicted molar refractivity (Wildman–Crippen MR) is 62.3 cm³/mol. The highest BCUT2D eigenvalue weighted by Crippen LogP contribution is 2.22. The van der Waals surface area contributed by atoms with Gasteiger partial charge >= 0.3 is 0 Å². The van der Waals surface area contributed by atoms with Crippen molar-refractivity contribution < 1.29 is 9.84 Å². The molecule has 1 aromatic carbocycles. The number of benzene rings is 1. The van der Waals surface area contributed by atoms with Crippen LogP contribution in [0.2, 0.25) is 0 Å². The first kappa shape index (κ1) is 11.4. The molecule has 1 aromatic rings. The van der Waals surface area contributed by atoms with Gasteiger partial charge in [0.05, 0.1) is 13.2 Å². The summed E-state index contributed by atoms with van der Waals surface area (Å²) >= 11 is 0. The standard InChI is InChI=1S/C12H18N2O2/c13-9-12(14-5-7-16-8-6-14)10-1-3-11(15)4-2-10/h1-4,12,15H,5-9,13H2. The summed E-state index contributed by atoms with van der Waals surface area (Å²) in [5.41, 5.74) is 6.98. The van der Waals surface area contributed by atoms with E-state index in [2.05, 4.69) is 4.90 Å². The summed E-state index contributed by atoms with van der Waals surface area (Å²) in [6.07, 6.45) is 0. The van der Waals surface area contributed by atoms with Crippen molar-refractivity contribution in [1.82, 2.24) is 4.90 Å². The smallest absolute Gasteiger partial charge is 0.115 e. The number of hydrogen-bond donors (Lipinski definition) is 2. The Bertz CT molecular complexity index is 320. The van der Waals surface area contributed by atoms with E-state index >= 15 is 0 Å². The largest absolute Gasteiger partial charge is 0.508 e. The number of nitrogens with zero attached hydrogens (tertiary/aromatic N) is 1. The summed E-state index contributed by atoms with van der Waals surface area (Å²) in [6.45, 7) is 3.97. The van der Waals surface area contributed by atoms with E-state index in [4.69, 9.17) is 10.5 Å². The van der Waals surface area contributed by atoms with Gasteiger partial charge in [0.1, 0.15) is 5.75 Å². The van der Waals surface area contributed by atoms with Gasteiger partial charge in [-0.05, 0) is 17.7 Å². The first-order valence-corrected chi connectivity index (χ1v) is 5.62. The maximum absolute atomic E-state index is 9.26. The molecule has 0 aliphatic carbocycles. The number of nitrogens with two attached hydrogens (primary N) is 1. The van der Waals surface area contributed by atoms with E-state index in [0.717, 1.165) is 31.9 Å². The predicted octanol–water partition coefficient (Wildman–Crippen LogP) is 0.724. The highest BCUT2D eigenvalue weighted by Gasteiger charge is 2.20. The van der Waals surface area contributed by atoms with E-state index in [1.54, 1.807) is 12.1 Å². The van der Waals surface area contributed by atoms with Gasteiger partial charge in [0.25, 0.3) is 0 Å². The highest BCUT2D eigenvalue weighted by molar-refractivity contribution is 5.28. The lowest BCUT2D eigenvalue weighted by molar-refractivity contribution is 0.0179. The lowest BCUT2D eigenvalue weighted by atomic mass is 10.0. The summed E-state index contributed by atoms with van der Waals surface area (Å²) in [5, 5.41) is 9.26. The van der Waals surface area contributed by atoms with Crippen LogP contribution in [0.3, 0.4) is 0 Å². The maximum atomic E-state index is 9.26. The molecule has 0 saturated carbocycles. The van der Waals surface area contributed by atoms with Crippen molar-refractivity contribution >= 4 is 0 Å². The molecule has 0 bridgehead atoms. The van der Waals surface area contributed by atoms with Crippen molar-refractivity contribution in [1.29, 1.82) is 0 Å². The SMILES string of the molecule is NCC(c1ccc(O)cc1)N1CCOCC1. The minimum Gasteiger partial charge on any atom is -0.508 e. The molecule has 2 rings (SSSR count). The molecule has 16 heavy (non-hydrogen) atoms. The van der Waals surface area contributed by atoms with Crippen LogP contribution in [-0.4, -0.2) is 42.9 Å². The van der Waals surface area contributed by atoms with E-state index in [1.807, 2.05) is 12.1 Å². The van der Waals surface area contributed by atoms with Crippen LogP contribution in [-0.2, 0) is 4.74 Å². The molecule has 0 aromatic heterocycles. The van der Waals surface area contributed by atoms with Crippen LogP contribution in [0, 0.1) is 0 Å². The molecular weight excluding hydrogens is 204 g/mol. The molecule has 88 valence electrons. The van der Waals surface area contributed by atoms with Crippen molar-refractivity contribution in [3.8, 4) is 5.75 Å². The van der Waals surface area contributed by atoms with E-state index in [0.29, 0.717) is 12.3 Å². The highest BCUT2D eigenvalue weighted by atomic mass is 16.5. The lowest BCUT2D eigenvalue weighted by Gasteiger charge is -2.34. The maximum Gasteiger partial charge on any atom is 0.115 e. The molecule has 0 spiro atoms. The van der Waals surface area contributed by atoms with Crippen LogP contribution in [0.1, 0.15) is 11.6 Å². The normalized spacial score (nSPS) is 19.6. The minimum absolute atomic E-state index is 0.226. The van der Waals surface area contributed by atoms with Crippen LogP contribution in [0.15, 0.2) is 24.3 Å². The zero-order chi connectivity index (χ0) is 11.4. The molecule has 3 N–H and O–H groups in total. The van der Waals surface area contributed by atoms with Gasteiger partial charge < -0.3 is 15.6 Å². The second kappa shape index (κ2) is 5.30. The van der Waals surface area contributed by atoms with Crippen LogP contribution in [0.4, 0.5) is 0 Å². The molecule has 4 nitrogen and oxygen atoms in total. The zero-order valence-corrected chi connectivity index (χ0v) is 9.30. The second-order valence-corrected chi connectivity index (χ2v) is 3.99. The Morgan fingerprint density at radius 1 is 1.25 bits per heavy atom. The Morgan fingerprint density at radius 3 is 2.44 bits per heavy atom. The summed E-state index contributed by atoms with van der Waals surface area (Å²) in [6, 6.07) is 7.51. The molecule has 0 amide bonds. The van der Waals surface area contributed by atoms with Gasteiger partial charge in [-0.25, -0.2) is 0 Å². The number of hydrogen-bond acceptors (Lipinski definition) is 4. The number of rotatable bonds is 3. The fraction of sp³-hybridized carbons (Fsp3) is 0.500. The molecule has 0 radical (unpaired) electrons. The van der Waals surface area contributed by atoms with Crippen LogP contribution in [0.5, 0.6) is 5.75 Å². The third-order valence-electron chi connectivity index (χ3n) is 2.99. The second-order valence-electron chi connectivity index (χ2n) is 3.99. The number of phenolic OH excluding ortho intramolecular Hbond substituents is 1. The molecule has 1 saturated heterocycles. The molecule has 1 heterocycles. The van der Waals surface area contributed by atoms with Gasteiger partial charge in [0.15, 0.2) is 0 Å². The number of ether oxygens (including phenoxy) is 1. The van der Waals surface area contributed by atoms with Gasteiger partial charge in [0, 0.05) is 25.7 Å². The third kappa shape index (κ3) is 2.52. The average molecular weight is 222 g/mol. The Labute approximate surface area is 95.6 Å². The number of phenols is 1. The summed E-state index contributed by atoms with van der Waals surface area (Å²) < 4.78 is 5.33. The fourth-order valence-electron chi connectivity index (χ4n) is 2.08. The van der Waals surface area contributed by atoms with E-state index in [-0.39, 0.29) is 6.04 Å². The van der Waals surface area contributed by atoms with Crippen LogP contribution in [0.25, 0.3) is 0 Å². The first-order chi connectivity index (χ1) is 7.81. The number of aromatic hydroxyl groups is 1. The van der Waals surface area contributed by atoms with Crippen molar-refractivity contribution in [2.24, 2.45) is 5.73 Å². The lowest BCUT2D eigenvalue weighted by Crippen LogP contribution is -2.41. The molecule has 1 fully saturated rings. The summed E-state index contributed by atoms with van der Waals surface area (Å²) in [5.74, 6) is 0.293. The fourth-order valence-corrected chi connectivity index (χ4v) is 2.08. The van der Waals surface area contributed by atoms with Crippen molar-refractivity contribution in [3.63, 3.8) is 0 Å².